The molecule has 10 heteroatoms. The smallest absolute Gasteiger partial charge is 0.250 e. The van der Waals surface area contributed by atoms with Crippen LogP contribution < -0.4 is 10.6 Å². The van der Waals surface area contributed by atoms with Gasteiger partial charge in [0.15, 0.2) is 0 Å². The van der Waals surface area contributed by atoms with Crippen LogP contribution in [0.2, 0.25) is 5.02 Å². The number of benzene rings is 2. The van der Waals surface area contributed by atoms with E-state index in [1.54, 1.807) is 24.3 Å². The number of aliphatic hydroxyl groups excluding tert-OH is 1. The second-order valence-corrected chi connectivity index (χ2v) is 11.1. The van der Waals surface area contributed by atoms with E-state index in [0.717, 1.165) is 5.56 Å². The molecule has 3 aliphatic rings. The van der Waals surface area contributed by atoms with Crippen LogP contribution in [0.4, 0.5) is 5.69 Å². The maximum absolute atomic E-state index is 14.1. The number of fused-ring (bicyclic) bond motifs is 1. The van der Waals surface area contributed by atoms with E-state index >= 15 is 0 Å². The maximum atomic E-state index is 14.1. The van der Waals surface area contributed by atoms with Crippen LogP contribution in [0.3, 0.4) is 0 Å². The molecular formula is C26H27BrClN3O5. The number of ether oxygens (including phenoxy) is 1. The van der Waals surface area contributed by atoms with Crippen LogP contribution in [0.5, 0.6) is 0 Å². The van der Waals surface area contributed by atoms with Crippen LogP contribution in [0.15, 0.2) is 48.5 Å². The van der Waals surface area contributed by atoms with Crippen molar-refractivity contribution >= 4 is 50.9 Å². The second-order valence-electron chi connectivity index (χ2n) is 9.55. The summed E-state index contributed by atoms with van der Waals surface area (Å²) in [7, 11) is 1.52. The summed E-state index contributed by atoms with van der Waals surface area (Å²) in [6.07, 6.45) is -0.187. The van der Waals surface area contributed by atoms with Gasteiger partial charge in [-0.15, -0.1) is 0 Å². The molecule has 7 atom stereocenters. The summed E-state index contributed by atoms with van der Waals surface area (Å²) in [6, 6.07) is 12.5. The number of nitrogens with zero attached hydrogens (tertiary/aromatic N) is 1. The predicted molar refractivity (Wildman–Crippen MR) is 138 cm³/mol. The quantitative estimate of drug-likeness (QED) is 0.459. The zero-order valence-electron chi connectivity index (χ0n) is 19.8. The third-order valence-electron chi connectivity index (χ3n) is 7.69. The summed E-state index contributed by atoms with van der Waals surface area (Å²) >= 11 is 10.0. The van der Waals surface area contributed by atoms with Crippen molar-refractivity contribution in [3.8, 4) is 0 Å². The first-order valence-corrected chi connectivity index (χ1v) is 13.1. The average molecular weight is 577 g/mol. The Balaban J connectivity index is 1.63. The molecule has 3 saturated heterocycles. The Hall–Kier alpha value is -2.46. The van der Waals surface area contributed by atoms with Crippen LogP contribution in [-0.2, 0) is 19.1 Å². The molecule has 2 aromatic rings. The first kappa shape index (κ1) is 25.2. The highest BCUT2D eigenvalue weighted by molar-refractivity contribution is 9.09. The number of amides is 3. The number of halogens is 2. The molecule has 3 aliphatic heterocycles. The molecule has 2 aromatic carbocycles. The minimum atomic E-state index is -1.24. The number of hydrogen-bond donors (Lipinski definition) is 3. The van der Waals surface area contributed by atoms with E-state index in [0.29, 0.717) is 22.7 Å². The average Bonchev–Trinajstić information content (AvgIpc) is 3.46. The summed E-state index contributed by atoms with van der Waals surface area (Å²) in [5.41, 5.74) is 0.648. The van der Waals surface area contributed by atoms with Crippen molar-refractivity contribution in [1.29, 1.82) is 0 Å². The molecule has 3 amide bonds. The zero-order chi connectivity index (χ0) is 25.8. The zero-order valence-corrected chi connectivity index (χ0v) is 22.1. The number of aryl methyl sites for hydroxylation is 1. The van der Waals surface area contributed by atoms with Crippen LogP contribution in [-0.4, -0.2) is 64.0 Å². The molecule has 3 fully saturated rings. The highest BCUT2D eigenvalue weighted by Crippen LogP contribution is 2.61. The largest absolute Gasteiger partial charge is 0.394 e. The highest BCUT2D eigenvalue weighted by Gasteiger charge is 2.77. The van der Waals surface area contributed by atoms with E-state index in [1.165, 1.54) is 11.9 Å². The number of alkyl halides is 1. The normalized spacial score (nSPS) is 31.3. The van der Waals surface area contributed by atoms with Gasteiger partial charge in [0.1, 0.15) is 11.6 Å². The predicted octanol–water partition coefficient (Wildman–Crippen LogP) is 2.81. The molecule has 190 valence electrons. The van der Waals surface area contributed by atoms with Gasteiger partial charge in [-0.1, -0.05) is 70.0 Å². The standard InChI is InChI=1S/C26H27BrClN3O5/c1-13-7-6-10-16(28)20(13)30-24(34)22-26-11-15(27)21(36-26)18(23(33)29-2)19(26)25(35)31(22)17(12-32)14-8-4-3-5-9-14/h3-10,15,17-19,21-22,32H,11-12H2,1-2H3,(H,29,33)(H,30,34)/t15?,17-,18+,19+,21+,22?,26?/m1/s1. The number of anilines is 1. The van der Waals surface area contributed by atoms with Gasteiger partial charge in [0, 0.05) is 11.9 Å². The molecule has 3 heterocycles. The van der Waals surface area contributed by atoms with Crippen molar-refractivity contribution in [2.75, 3.05) is 19.0 Å². The number of likely N-dealkylation sites (tertiary alicyclic amines) is 1. The molecule has 2 bridgehead atoms. The summed E-state index contributed by atoms with van der Waals surface area (Å²) in [6.45, 7) is 1.42. The molecule has 3 N–H and O–H groups in total. The Labute approximate surface area is 222 Å². The number of carbonyl (C=O) groups is 3. The molecule has 0 saturated carbocycles. The second kappa shape index (κ2) is 9.45. The molecule has 8 nitrogen and oxygen atoms in total. The number of hydrogen-bond acceptors (Lipinski definition) is 5. The topological polar surface area (TPSA) is 108 Å². The van der Waals surface area contributed by atoms with Gasteiger partial charge < -0.3 is 25.4 Å². The minimum Gasteiger partial charge on any atom is -0.394 e. The number of para-hydroxylation sites is 1. The first-order chi connectivity index (χ1) is 17.2. The van der Waals surface area contributed by atoms with Gasteiger partial charge in [-0.25, -0.2) is 0 Å². The summed E-state index contributed by atoms with van der Waals surface area (Å²) < 4.78 is 6.45. The van der Waals surface area contributed by atoms with Gasteiger partial charge in [0.05, 0.1) is 41.3 Å². The number of nitrogens with one attached hydrogen (secondary N) is 2. The summed E-state index contributed by atoms with van der Waals surface area (Å²) in [5, 5.41) is 16.4. The van der Waals surface area contributed by atoms with Crippen LogP contribution in [0.1, 0.15) is 23.6 Å². The van der Waals surface area contributed by atoms with Crippen molar-refractivity contribution in [1.82, 2.24) is 10.2 Å². The molecule has 0 radical (unpaired) electrons. The lowest BCUT2D eigenvalue weighted by Crippen LogP contribution is -2.55. The maximum Gasteiger partial charge on any atom is 0.250 e. The molecular weight excluding hydrogens is 550 g/mol. The number of carbonyl (C=O) groups excluding carboxylic acids is 3. The summed E-state index contributed by atoms with van der Waals surface area (Å²) in [5.74, 6) is -2.80. The van der Waals surface area contributed by atoms with Gasteiger partial charge in [-0.05, 0) is 30.5 Å². The van der Waals surface area contributed by atoms with E-state index in [1.807, 2.05) is 31.2 Å². The van der Waals surface area contributed by atoms with E-state index < -0.39 is 48.1 Å². The minimum absolute atomic E-state index is 0.217. The third-order valence-corrected chi connectivity index (χ3v) is 8.85. The molecule has 5 rings (SSSR count). The van der Waals surface area contributed by atoms with E-state index in [4.69, 9.17) is 16.3 Å². The Kier molecular flexibility index (Phi) is 6.61. The van der Waals surface area contributed by atoms with Gasteiger partial charge in [-0.2, -0.15) is 0 Å². The Bertz CT molecular complexity index is 1190. The van der Waals surface area contributed by atoms with Crippen molar-refractivity contribution in [2.24, 2.45) is 11.8 Å². The number of rotatable bonds is 6. The molecule has 1 spiro atoms. The van der Waals surface area contributed by atoms with Crippen molar-refractivity contribution in [3.63, 3.8) is 0 Å². The lowest BCUT2D eigenvalue weighted by molar-refractivity contribution is -0.144. The van der Waals surface area contributed by atoms with Crippen molar-refractivity contribution in [2.45, 2.75) is 42.0 Å². The van der Waals surface area contributed by atoms with Crippen LogP contribution in [0.25, 0.3) is 0 Å². The Morgan fingerprint density at radius 2 is 1.94 bits per heavy atom. The molecule has 3 unspecified atom stereocenters. The first-order valence-electron chi connectivity index (χ1n) is 11.8. The van der Waals surface area contributed by atoms with E-state index in [-0.39, 0.29) is 16.6 Å². The molecule has 36 heavy (non-hydrogen) atoms. The lowest BCUT2D eigenvalue weighted by Gasteiger charge is -2.37. The SMILES string of the molecule is CNC(=O)[C@H]1[C@H]2C(=O)N([C@H](CO)c3ccccc3)C(C(=O)Nc3c(C)cccc3Cl)C23CC(Br)[C@@H]1O3. The van der Waals surface area contributed by atoms with E-state index in [9.17, 15) is 19.5 Å². The highest BCUT2D eigenvalue weighted by atomic mass is 79.9. The van der Waals surface area contributed by atoms with Crippen molar-refractivity contribution < 1.29 is 24.2 Å². The van der Waals surface area contributed by atoms with Gasteiger partial charge >= 0.3 is 0 Å². The van der Waals surface area contributed by atoms with Gasteiger partial charge in [-0.3, -0.25) is 14.4 Å². The molecule has 0 aromatic heterocycles. The van der Waals surface area contributed by atoms with E-state index in [2.05, 4.69) is 26.6 Å². The van der Waals surface area contributed by atoms with Crippen molar-refractivity contribution in [3.05, 3.63) is 64.7 Å². The van der Waals surface area contributed by atoms with Gasteiger partial charge in [0.2, 0.25) is 17.7 Å². The molecule has 0 aliphatic carbocycles. The fourth-order valence-electron chi connectivity index (χ4n) is 6.18. The van der Waals surface area contributed by atoms with Crippen LogP contribution >= 0.6 is 27.5 Å². The van der Waals surface area contributed by atoms with Gasteiger partial charge in [0.25, 0.3) is 0 Å². The number of aliphatic hydroxyl groups is 1. The lowest BCUT2D eigenvalue weighted by atomic mass is 9.70. The Morgan fingerprint density at radius 3 is 2.58 bits per heavy atom. The monoisotopic (exact) mass is 575 g/mol. The fraction of sp³-hybridized carbons (Fsp3) is 0.423. The Morgan fingerprint density at radius 1 is 1.22 bits per heavy atom. The van der Waals surface area contributed by atoms with Crippen LogP contribution in [0, 0.1) is 18.8 Å². The summed E-state index contributed by atoms with van der Waals surface area (Å²) in [4.78, 5) is 42.3. The fourth-order valence-corrected chi connectivity index (χ4v) is 7.39. The third kappa shape index (κ3) is 3.67.